The van der Waals surface area contributed by atoms with Gasteiger partial charge in [0.05, 0.1) is 22.8 Å². The van der Waals surface area contributed by atoms with E-state index in [0.717, 1.165) is 53.9 Å². The van der Waals surface area contributed by atoms with Crippen LogP contribution in [0.5, 0.6) is 0 Å². The molecule has 2 aromatic carbocycles. The first-order valence-corrected chi connectivity index (χ1v) is 13.4. The third kappa shape index (κ3) is 14.9. The van der Waals surface area contributed by atoms with Gasteiger partial charge in [-0.15, -0.1) is 0 Å². The quantitative estimate of drug-likeness (QED) is 0.231. The van der Waals surface area contributed by atoms with Crippen LogP contribution in [0.1, 0.15) is 69.7 Å². The Morgan fingerprint density at radius 3 is 1.36 bits per heavy atom. The molecule has 0 saturated carbocycles. The summed E-state index contributed by atoms with van der Waals surface area (Å²) in [6.45, 7) is 10.4. The number of hydrogen-bond donors (Lipinski definition) is 0. The molecular weight excluding hydrogens is 508 g/mol. The summed E-state index contributed by atoms with van der Waals surface area (Å²) < 4.78 is 0. The Balaban J connectivity index is 0. The molecule has 0 aliphatic carbocycles. The first-order valence-electron chi connectivity index (χ1n) is 12.3. The molecule has 0 aliphatic rings. The van der Waals surface area contributed by atoms with Crippen LogP contribution in [0.25, 0.3) is 0 Å². The van der Waals surface area contributed by atoms with E-state index < -0.39 is 0 Å². The maximum Gasteiger partial charge on any atom is 0.0558 e. The first kappa shape index (κ1) is 35.8. The number of hydrogen-bond acceptors (Lipinski definition) is 4. The van der Waals surface area contributed by atoms with Crippen molar-refractivity contribution in [1.82, 2.24) is 0 Å². The molecule has 0 saturated heterocycles. The van der Waals surface area contributed by atoms with Crippen LogP contribution in [0, 0.1) is 13.8 Å². The highest BCUT2D eigenvalue weighted by Crippen LogP contribution is 2.08. The Morgan fingerprint density at radius 2 is 1.06 bits per heavy atom. The molecule has 200 valence electrons. The van der Waals surface area contributed by atoms with E-state index in [2.05, 4.69) is 112 Å². The predicted molar refractivity (Wildman–Crippen MR) is 170 cm³/mol. The van der Waals surface area contributed by atoms with Gasteiger partial charge in [-0.25, -0.2) is 0 Å². The number of nitrogens with zero attached hydrogens (tertiary/aromatic N) is 4. The zero-order valence-corrected chi connectivity index (χ0v) is 24.9. The number of benzene rings is 2. The van der Waals surface area contributed by atoms with Crippen molar-refractivity contribution >= 4 is 38.8 Å². The average Bonchev–Trinajstić information content (AvgIpc) is 2.89. The number of aliphatic imine (C=N–C) groups is 4. The van der Waals surface area contributed by atoms with E-state index in [1.165, 1.54) is 22.3 Å². The van der Waals surface area contributed by atoms with Gasteiger partial charge in [-0.1, -0.05) is 96.9 Å². The van der Waals surface area contributed by atoms with Crippen LogP contribution in [0.15, 0.2) is 68.5 Å². The Bertz CT molecular complexity index is 953. The van der Waals surface area contributed by atoms with Crippen molar-refractivity contribution in [2.75, 3.05) is 28.2 Å². The lowest BCUT2D eigenvalue weighted by atomic mass is 10.0. The van der Waals surface area contributed by atoms with Gasteiger partial charge in [0.15, 0.2) is 0 Å². The largest absolute Gasteiger partial charge is 0.292 e. The average molecular weight is 558 g/mol. The monoisotopic (exact) mass is 556 g/mol. The lowest BCUT2D eigenvalue weighted by Crippen LogP contribution is -2.14. The van der Waals surface area contributed by atoms with E-state index in [0.29, 0.717) is 0 Å². The summed E-state index contributed by atoms with van der Waals surface area (Å²) in [6.07, 6.45) is 3.93. The van der Waals surface area contributed by atoms with Crippen LogP contribution in [-0.4, -0.2) is 51.0 Å². The molecule has 4 nitrogen and oxygen atoms in total. The molecule has 0 aromatic heterocycles. The van der Waals surface area contributed by atoms with Gasteiger partial charge < -0.3 is 0 Å². The molecule has 2 aromatic rings. The zero-order valence-electron chi connectivity index (χ0n) is 23.3. The fourth-order valence-corrected chi connectivity index (χ4v) is 3.65. The maximum atomic E-state index is 4.35. The molecule has 0 heterocycles. The summed E-state index contributed by atoms with van der Waals surface area (Å²) in [6, 6.07) is 17.2. The molecule has 0 fully saturated rings. The second-order valence-corrected chi connectivity index (χ2v) is 8.69. The van der Waals surface area contributed by atoms with Crippen molar-refractivity contribution in [3.63, 3.8) is 0 Å². The van der Waals surface area contributed by atoms with E-state index >= 15 is 0 Å². The van der Waals surface area contributed by atoms with Crippen molar-refractivity contribution < 1.29 is 0 Å². The normalized spacial score (nSPS) is 12.1. The van der Waals surface area contributed by atoms with Crippen molar-refractivity contribution in [1.29, 1.82) is 0 Å². The van der Waals surface area contributed by atoms with Gasteiger partial charge in [0.1, 0.15) is 0 Å². The van der Waals surface area contributed by atoms with E-state index in [4.69, 9.17) is 0 Å². The predicted octanol–water partition coefficient (Wildman–Crippen LogP) is 8.56. The fourth-order valence-electron chi connectivity index (χ4n) is 3.28. The maximum absolute atomic E-state index is 4.35. The molecule has 0 atom stereocenters. The summed E-state index contributed by atoms with van der Waals surface area (Å²) in [5.41, 5.74) is 9.72. The van der Waals surface area contributed by atoms with Crippen LogP contribution < -0.4 is 0 Å². The minimum Gasteiger partial charge on any atom is -0.292 e. The zero-order chi connectivity index (χ0) is 26.6. The Kier molecular flexibility index (Phi) is 21.7. The lowest BCUT2D eigenvalue weighted by Gasteiger charge is -2.07. The van der Waals surface area contributed by atoms with Gasteiger partial charge in [-0.2, -0.15) is 0 Å². The van der Waals surface area contributed by atoms with Crippen molar-refractivity contribution in [3.8, 4) is 0 Å². The van der Waals surface area contributed by atoms with Crippen LogP contribution in [-0.2, 0) is 11.8 Å². The van der Waals surface area contributed by atoms with Crippen molar-refractivity contribution in [2.24, 2.45) is 20.0 Å². The molecule has 0 aliphatic heterocycles. The number of aryl methyl sites for hydroxylation is 3. The highest BCUT2D eigenvalue weighted by atomic mass is 79.9. The lowest BCUT2D eigenvalue weighted by molar-refractivity contribution is 1.03. The second kappa shape index (κ2) is 21.8. The standard InChI is InChI=1S/C15H22N2.C8H9Br.C7H14N2.CH4/c1-5-14(16-3)15(17-4)11-10-13-8-6-12(2)7-9-13;1-7-2-4-8(6-9)5-3-7;1-5-7(9-4)6(2)8-3;/h6-9H,5,10-11H2,1-4H3;2-5H,6H2,1H3;5H2,1-4H3;1H4. The summed E-state index contributed by atoms with van der Waals surface area (Å²) in [5, 5.41) is 0.952. The van der Waals surface area contributed by atoms with Gasteiger partial charge >= 0.3 is 0 Å². The van der Waals surface area contributed by atoms with Gasteiger partial charge in [0.25, 0.3) is 0 Å². The molecule has 0 unspecified atom stereocenters. The topological polar surface area (TPSA) is 49.4 Å². The summed E-state index contributed by atoms with van der Waals surface area (Å²) in [5.74, 6) is 0. The van der Waals surface area contributed by atoms with E-state index in [-0.39, 0.29) is 7.43 Å². The third-order valence-electron chi connectivity index (χ3n) is 5.61. The molecule has 0 bridgehead atoms. The summed E-state index contributed by atoms with van der Waals surface area (Å²) in [7, 11) is 7.28. The van der Waals surface area contributed by atoms with Crippen LogP contribution in [0.2, 0.25) is 0 Å². The van der Waals surface area contributed by atoms with Crippen molar-refractivity contribution in [2.45, 2.75) is 73.1 Å². The molecule has 36 heavy (non-hydrogen) atoms. The highest BCUT2D eigenvalue weighted by molar-refractivity contribution is 9.08. The Hall–Kier alpha value is -2.40. The van der Waals surface area contributed by atoms with E-state index in [1.54, 1.807) is 14.1 Å². The van der Waals surface area contributed by atoms with Gasteiger partial charge in [-0.05, 0) is 57.6 Å². The molecule has 0 N–H and O–H groups in total. The SMILES string of the molecule is C.CCC(=NC)C(C)=NC.CCC(=NC)C(CCc1ccc(C)cc1)=NC.Cc1ccc(CBr)cc1. The number of rotatable bonds is 8. The van der Waals surface area contributed by atoms with Gasteiger partial charge in [0, 0.05) is 33.5 Å². The number of alkyl halides is 1. The minimum atomic E-state index is 0. The molecule has 0 radical (unpaired) electrons. The fraction of sp³-hybridized carbons (Fsp3) is 0.484. The van der Waals surface area contributed by atoms with Gasteiger partial charge in [-0.3, -0.25) is 20.0 Å². The third-order valence-corrected chi connectivity index (χ3v) is 6.26. The molecule has 2 rings (SSSR count). The number of halogens is 1. The smallest absolute Gasteiger partial charge is 0.0558 e. The van der Waals surface area contributed by atoms with E-state index in [9.17, 15) is 0 Å². The van der Waals surface area contributed by atoms with Crippen molar-refractivity contribution in [3.05, 3.63) is 70.8 Å². The molecule has 0 amide bonds. The van der Waals surface area contributed by atoms with Gasteiger partial charge in [0.2, 0.25) is 0 Å². The molecule has 0 spiro atoms. The van der Waals surface area contributed by atoms with E-state index in [1.807, 2.05) is 21.0 Å². The van der Waals surface area contributed by atoms with Crippen LogP contribution >= 0.6 is 15.9 Å². The summed E-state index contributed by atoms with van der Waals surface area (Å²) in [4.78, 5) is 16.7. The Morgan fingerprint density at radius 1 is 0.639 bits per heavy atom. The summed E-state index contributed by atoms with van der Waals surface area (Å²) >= 11 is 3.38. The molecular formula is C31H49BrN4. The highest BCUT2D eigenvalue weighted by Gasteiger charge is 2.05. The Labute approximate surface area is 230 Å². The van der Waals surface area contributed by atoms with Crippen LogP contribution in [0.3, 0.4) is 0 Å². The first-order chi connectivity index (χ1) is 16.8. The second-order valence-electron chi connectivity index (χ2n) is 8.13. The van der Waals surface area contributed by atoms with Crippen LogP contribution in [0.4, 0.5) is 0 Å². The molecule has 5 heteroatoms. The minimum absolute atomic E-state index is 0.